The molecule has 0 spiro atoms. The first-order valence-electron chi connectivity index (χ1n) is 10.9. The van der Waals surface area contributed by atoms with Crippen LogP contribution < -0.4 is 14.8 Å². The first-order valence-corrected chi connectivity index (χ1v) is 10.9. The highest BCUT2D eigenvalue weighted by Gasteiger charge is 2.26. The average Bonchev–Trinajstić information content (AvgIpc) is 2.77. The summed E-state index contributed by atoms with van der Waals surface area (Å²) in [6.45, 7) is 7.05. The Morgan fingerprint density at radius 2 is 1.72 bits per heavy atom. The lowest BCUT2D eigenvalue weighted by molar-refractivity contribution is 0.0473. The van der Waals surface area contributed by atoms with E-state index in [0.717, 1.165) is 5.56 Å². The van der Waals surface area contributed by atoms with Gasteiger partial charge >= 0.3 is 6.09 Å². The van der Waals surface area contributed by atoms with Crippen LogP contribution >= 0.6 is 0 Å². The molecule has 0 bridgehead atoms. The third-order valence-electron chi connectivity index (χ3n) is 5.15. The molecule has 2 amide bonds. The van der Waals surface area contributed by atoms with Gasteiger partial charge in [-0.15, -0.1) is 0 Å². The Morgan fingerprint density at radius 1 is 1.03 bits per heavy atom. The van der Waals surface area contributed by atoms with Gasteiger partial charge in [0.1, 0.15) is 12.2 Å². The number of carbonyl (C=O) groups excluding carboxylic acids is 2. The maximum absolute atomic E-state index is 13.0. The van der Waals surface area contributed by atoms with Crippen LogP contribution in [-0.2, 0) is 11.3 Å². The van der Waals surface area contributed by atoms with Crippen molar-refractivity contribution in [3.05, 3.63) is 59.7 Å². The van der Waals surface area contributed by atoms with Gasteiger partial charge in [0.2, 0.25) is 0 Å². The van der Waals surface area contributed by atoms with Crippen molar-refractivity contribution in [1.82, 2.24) is 10.2 Å². The third-order valence-corrected chi connectivity index (χ3v) is 5.15. The van der Waals surface area contributed by atoms with Gasteiger partial charge in [0.25, 0.3) is 5.91 Å². The second-order valence-electron chi connectivity index (χ2n) is 8.85. The maximum Gasteiger partial charge on any atom is 0.407 e. The number of nitrogens with one attached hydrogen (secondary N) is 1. The van der Waals surface area contributed by atoms with Crippen molar-refractivity contribution in [3.63, 3.8) is 0 Å². The number of hydrogen-bond acceptors (Lipinski definition) is 5. The van der Waals surface area contributed by atoms with E-state index in [2.05, 4.69) is 5.32 Å². The highest BCUT2D eigenvalue weighted by Crippen LogP contribution is 2.29. The zero-order chi connectivity index (χ0) is 23.1. The van der Waals surface area contributed by atoms with E-state index in [-0.39, 0.29) is 11.9 Å². The molecule has 0 unspecified atom stereocenters. The van der Waals surface area contributed by atoms with E-state index in [1.807, 2.05) is 51.1 Å². The van der Waals surface area contributed by atoms with E-state index < -0.39 is 11.7 Å². The third kappa shape index (κ3) is 6.64. The van der Waals surface area contributed by atoms with Crippen LogP contribution in [0.4, 0.5) is 4.79 Å². The minimum Gasteiger partial charge on any atom is -0.493 e. The summed E-state index contributed by atoms with van der Waals surface area (Å²) in [5.74, 6) is 1.05. The van der Waals surface area contributed by atoms with Crippen molar-refractivity contribution in [2.45, 2.75) is 51.9 Å². The van der Waals surface area contributed by atoms with Crippen molar-refractivity contribution in [2.24, 2.45) is 0 Å². The Kier molecular flexibility index (Phi) is 7.62. The molecular formula is C25H32N2O5. The van der Waals surface area contributed by atoms with Crippen LogP contribution in [0.25, 0.3) is 0 Å². The van der Waals surface area contributed by atoms with Crippen molar-refractivity contribution < 1.29 is 23.8 Å². The van der Waals surface area contributed by atoms with Gasteiger partial charge in [0.15, 0.2) is 11.5 Å². The molecule has 1 fully saturated rings. The Morgan fingerprint density at radius 3 is 2.34 bits per heavy atom. The molecule has 0 aliphatic carbocycles. The number of nitrogens with zero attached hydrogens (tertiary/aromatic N) is 1. The lowest BCUT2D eigenvalue weighted by atomic mass is 10.0. The highest BCUT2D eigenvalue weighted by atomic mass is 16.6. The summed E-state index contributed by atoms with van der Waals surface area (Å²) in [6, 6.07) is 15.1. The zero-order valence-electron chi connectivity index (χ0n) is 19.2. The average molecular weight is 441 g/mol. The predicted molar refractivity (Wildman–Crippen MR) is 122 cm³/mol. The molecule has 0 atom stereocenters. The number of piperidine rings is 1. The van der Waals surface area contributed by atoms with E-state index in [4.69, 9.17) is 14.2 Å². The van der Waals surface area contributed by atoms with Crippen LogP contribution in [0, 0.1) is 0 Å². The number of amides is 2. The molecule has 0 aromatic heterocycles. The number of methoxy groups -OCH3 is 1. The molecule has 0 radical (unpaired) electrons. The lowest BCUT2D eigenvalue weighted by Crippen LogP contribution is -2.47. The molecule has 1 heterocycles. The number of likely N-dealkylation sites (tertiary alicyclic amines) is 1. The minimum atomic E-state index is -0.531. The van der Waals surface area contributed by atoms with E-state index in [9.17, 15) is 9.59 Å². The largest absolute Gasteiger partial charge is 0.493 e. The van der Waals surface area contributed by atoms with Gasteiger partial charge in [0.05, 0.1) is 7.11 Å². The molecule has 2 aromatic rings. The molecule has 2 aromatic carbocycles. The van der Waals surface area contributed by atoms with Gasteiger partial charge in [-0.2, -0.15) is 0 Å². The van der Waals surface area contributed by atoms with E-state index in [1.165, 1.54) is 0 Å². The Labute approximate surface area is 189 Å². The first kappa shape index (κ1) is 23.4. The normalized spacial score (nSPS) is 14.6. The van der Waals surface area contributed by atoms with Gasteiger partial charge < -0.3 is 24.4 Å². The maximum atomic E-state index is 13.0. The van der Waals surface area contributed by atoms with Gasteiger partial charge in [-0.05, 0) is 57.4 Å². The van der Waals surface area contributed by atoms with Crippen LogP contribution in [0.2, 0.25) is 0 Å². The highest BCUT2D eigenvalue weighted by molar-refractivity contribution is 5.95. The van der Waals surface area contributed by atoms with Crippen molar-refractivity contribution in [3.8, 4) is 11.5 Å². The van der Waals surface area contributed by atoms with Crippen LogP contribution in [0.1, 0.15) is 49.5 Å². The van der Waals surface area contributed by atoms with Gasteiger partial charge in [-0.25, -0.2) is 4.79 Å². The van der Waals surface area contributed by atoms with Crippen LogP contribution in [-0.4, -0.2) is 48.7 Å². The van der Waals surface area contributed by atoms with Crippen molar-refractivity contribution in [2.75, 3.05) is 20.2 Å². The Balaban J connectivity index is 1.55. The molecule has 1 saturated heterocycles. The summed E-state index contributed by atoms with van der Waals surface area (Å²) in [4.78, 5) is 26.8. The molecule has 7 heteroatoms. The molecular weight excluding hydrogens is 408 g/mol. The Bertz CT molecular complexity index is 916. The van der Waals surface area contributed by atoms with E-state index in [1.54, 1.807) is 30.2 Å². The fraction of sp³-hybridized carbons (Fsp3) is 0.440. The molecule has 1 N–H and O–H groups in total. The summed E-state index contributed by atoms with van der Waals surface area (Å²) in [5, 5.41) is 2.89. The summed E-state index contributed by atoms with van der Waals surface area (Å²) >= 11 is 0. The standard InChI is InChI=1S/C25H32N2O5/c1-25(2,3)32-24(29)26-20-12-14-27(15-13-20)23(28)19-10-11-21(22(16-19)30-4)31-17-18-8-6-5-7-9-18/h5-11,16,20H,12-15,17H2,1-4H3,(H,26,29). The molecule has 32 heavy (non-hydrogen) atoms. The smallest absolute Gasteiger partial charge is 0.407 e. The zero-order valence-corrected chi connectivity index (χ0v) is 19.2. The number of ether oxygens (including phenoxy) is 3. The number of benzene rings is 2. The quantitative estimate of drug-likeness (QED) is 0.720. The van der Waals surface area contributed by atoms with Crippen LogP contribution in [0.3, 0.4) is 0 Å². The van der Waals surface area contributed by atoms with Gasteiger partial charge in [-0.1, -0.05) is 30.3 Å². The second-order valence-corrected chi connectivity index (χ2v) is 8.85. The number of carbonyl (C=O) groups is 2. The topological polar surface area (TPSA) is 77.1 Å². The minimum absolute atomic E-state index is 0.00259. The molecule has 3 rings (SSSR count). The summed E-state index contributed by atoms with van der Waals surface area (Å²) < 4.78 is 16.6. The molecule has 7 nitrogen and oxygen atoms in total. The van der Waals surface area contributed by atoms with Gasteiger partial charge in [0, 0.05) is 24.7 Å². The summed E-state index contributed by atoms with van der Waals surface area (Å²) in [5.41, 5.74) is 1.07. The fourth-order valence-corrected chi connectivity index (χ4v) is 3.54. The second kappa shape index (κ2) is 10.4. The molecule has 1 aliphatic rings. The van der Waals surface area contributed by atoms with Crippen LogP contribution in [0.15, 0.2) is 48.5 Å². The summed E-state index contributed by atoms with van der Waals surface area (Å²) in [6.07, 6.45) is 0.943. The fourth-order valence-electron chi connectivity index (χ4n) is 3.54. The first-order chi connectivity index (χ1) is 15.2. The number of rotatable bonds is 6. The number of alkyl carbamates (subject to hydrolysis) is 1. The van der Waals surface area contributed by atoms with Crippen molar-refractivity contribution in [1.29, 1.82) is 0 Å². The van der Waals surface area contributed by atoms with E-state index >= 15 is 0 Å². The Hall–Kier alpha value is -3.22. The lowest BCUT2D eigenvalue weighted by Gasteiger charge is -2.33. The summed E-state index contributed by atoms with van der Waals surface area (Å²) in [7, 11) is 1.56. The predicted octanol–water partition coefficient (Wildman–Crippen LogP) is 4.40. The molecule has 0 saturated carbocycles. The molecule has 172 valence electrons. The molecule has 1 aliphatic heterocycles. The number of hydrogen-bond donors (Lipinski definition) is 1. The van der Waals surface area contributed by atoms with E-state index in [0.29, 0.717) is 49.6 Å². The van der Waals surface area contributed by atoms with Gasteiger partial charge in [-0.3, -0.25) is 4.79 Å². The van der Waals surface area contributed by atoms with Crippen molar-refractivity contribution >= 4 is 12.0 Å². The SMILES string of the molecule is COc1cc(C(=O)N2CCC(NC(=O)OC(C)(C)C)CC2)ccc1OCc1ccccc1. The monoisotopic (exact) mass is 440 g/mol. The van der Waals surface area contributed by atoms with Crippen LogP contribution in [0.5, 0.6) is 11.5 Å².